The predicted molar refractivity (Wildman–Crippen MR) is 29.3 cm³/mol. The van der Waals surface area contributed by atoms with Gasteiger partial charge < -0.3 is 5.73 Å². The number of halogens is 2. The van der Waals surface area contributed by atoms with Crippen molar-refractivity contribution in [2.75, 3.05) is 0 Å². The first-order valence-corrected chi connectivity index (χ1v) is 2.56. The van der Waals surface area contributed by atoms with Crippen molar-refractivity contribution in [3.63, 3.8) is 0 Å². The van der Waals surface area contributed by atoms with Crippen LogP contribution >= 0.6 is 23.2 Å². The first-order valence-electron chi connectivity index (χ1n) is 1.69. The molecule has 0 aromatic heterocycles. The van der Waals surface area contributed by atoms with Crippen LogP contribution in [0.3, 0.4) is 0 Å². The fourth-order valence-corrected chi connectivity index (χ4v) is 0.456. The van der Waals surface area contributed by atoms with Gasteiger partial charge in [0.15, 0.2) is 0 Å². The zero-order chi connectivity index (χ0) is 5.86. The van der Waals surface area contributed by atoms with Crippen molar-refractivity contribution in [1.29, 1.82) is 0 Å². The third kappa shape index (κ3) is 6.05. The molecule has 0 radical (unpaired) electrons. The van der Waals surface area contributed by atoms with E-state index in [1.807, 2.05) is 0 Å². The lowest BCUT2D eigenvalue weighted by Crippen LogP contribution is -2.13. The first-order chi connectivity index (χ1) is 3.13. The van der Waals surface area contributed by atoms with Crippen molar-refractivity contribution in [2.24, 2.45) is 5.73 Å². The van der Waals surface area contributed by atoms with Gasteiger partial charge in [0, 0.05) is 0 Å². The molecule has 0 saturated heterocycles. The summed E-state index contributed by atoms with van der Waals surface area (Å²) in [5, 5.41) is 0. The number of alkyl halides is 2. The number of amides is 1. The molecule has 0 spiro atoms. The maximum Gasteiger partial charge on any atom is 0.220 e. The fourth-order valence-electron chi connectivity index (χ4n) is 0.152. The average molecular weight is 142 g/mol. The predicted octanol–water partition coefficient (Wildman–Crippen LogP) is 0.665. The van der Waals surface area contributed by atoms with Crippen LogP contribution in [0.1, 0.15) is 6.42 Å². The Labute approximate surface area is 51.6 Å². The number of rotatable bonds is 2. The van der Waals surface area contributed by atoms with E-state index >= 15 is 0 Å². The molecule has 7 heavy (non-hydrogen) atoms. The van der Waals surface area contributed by atoms with Gasteiger partial charge in [0.05, 0.1) is 6.42 Å². The topological polar surface area (TPSA) is 43.1 Å². The van der Waals surface area contributed by atoms with Gasteiger partial charge in [-0.2, -0.15) is 0 Å². The van der Waals surface area contributed by atoms with Crippen LogP contribution in [0.5, 0.6) is 0 Å². The smallest absolute Gasteiger partial charge is 0.220 e. The Hall–Kier alpha value is 0.0500. The fraction of sp³-hybridized carbons (Fsp3) is 0.667. The maximum absolute atomic E-state index is 9.86. The summed E-state index contributed by atoms with van der Waals surface area (Å²) < 4.78 is 0. The number of nitrogens with two attached hydrogens (primary N) is 1. The summed E-state index contributed by atoms with van der Waals surface area (Å²) in [6.45, 7) is 0. The molecular formula is C3H5Cl2NO. The van der Waals surface area contributed by atoms with Crippen molar-refractivity contribution in [2.45, 2.75) is 11.3 Å². The van der Waals surface area contributed by atoms with Crippen LogP contribution in [0.2, 0.25) is 0 Å². The van der Waals surface area contributed by atoms with E-state index in [4.69, 9.17) is 23.2 Å². The van der Waals surface area contributed by atoms with Gasteiger partial charge in [0.1, 0.15) is 4.84 Å². The number of primary amides is 1. The Morgan fingerprint density at radius 2 is 2.14 bits per heavy atom. The van der Waals surface area contributed by atoms with Gasteiger partial charge in [-0.15, -0.1) is 23.2 Å². The highest BCUT2D eigenvalue weighted by atomic mass is 35.5. The minimum Gasteiger partial charge on any atom is -0.370 e. The molecule has 42 valence electrons. The van der Waals surface area contributed by atoms with Crippen molar-refractivity contribution in [1.82, 2.24) is 0 Å². The van der Waals surface area contributed by atoms with Gasteiger partial charge in [-0.05, 0) is 0 Å². The quantitative estimate of drug-likeness (QED) is 0.565. The molecule has 2 nitrogen and oxygen atoms in total. The number of hydrogen-bond donors (Lipinski definition) is 1. The lowest BCUT2D eigenvalue weighted by atomic mass is 10.5. The molecule has 1 amide bonds. The zero-order valence-corrected chi connectivity index (χ0v) is 5.04. The highest BCUT2D eigenvalue weighted by Gasteiger charge is 2.00. The van der Waals surface area contributed by atoms with E-state index in [0.29, 0.717) is 0 Å². The van der Waals surface area contributed by atoms with Crippen LogP contribution in [-0.2, 0) is 4.79 Å². The van der Waals surface area contributed by atoms with E-state index in [0.717, 1.165) is 0 Å². The number of carbonyl (C=O) groups excluding carboxylic acids is 1. The Balaban J connectivity index is 3.13. The van der Waals surface area contributed by atoms with Gasteiger partial charge in [-0.3, -0.25) is 4.79 Å². The summed E-state index contributed by atoms with van der Waals surface area (Å²) in [6.07, 6.45) is 0.0309. The van der Waals surface area contributed by atoms with Gasteiger partial charge in [-0.1, -0.05) is 0 Å². The second kappa shape index (κ2) is 3.10. The lowest BCUT2D eigenvalue weighted by Gasteiger charge is -1.90. The minimum atomic E-state index is -0.655. The summed E-state index contributed by atoms with van der Waals surface area (Å²) in [4.78, 5) is 9.21. The summed E-state index contributed by atoms with van der Waals surface area (Å²) in [5.41, 5.74) is 4.69. The standard InChI is InChI=1S/C3H5Cl2NO/c4-2(5)1-3(6)7/h2H,1H2,(H2,6,7). The molecule has 4 heteroatoms. The molecule has 0 saturated carbocycles. The normalized spacial score (nSPS) is 9.57. The van der Waals surface area contributed by atoms with Crippen molar-refractivity contribution < 1.29 is 4.79 Å². The summed E-state index contributed by atoms with van der Waals surface area (Å²) >= 11 is 10.3. The SMILES string of the molecule is NC(=O)CC(Cl)Cl. The van der Waals surface area contributed by atoms with Crippen LogP contribution in [0.25, 0.3) is 0 Å². The van der Waals surface area contributed by atoms with E-state index in [-0.39, 0.29) is 6.42 Å². The van der Waals surface area contributed by atoms with Crippen LogP contribution in [0, 0.1) is 0 Å². The van der Waals surface area contributed by atoms with Gasteiger partial charge in [-0.25, -0.2) is 0 Å². The Kier molecular flexibility index (Phi) is 3.13. The van der Waals surface area contributed by atoms with Crippen molar-refractivity contribution in [3.8, 4) is 0 Å². The Morgan fingerprint density at radius 1 is 1.71 bits per heavy atom. The molecular weight excluding hydrogens is 137 g/mol. The van der Waals surface area contributed by atoms with Gasteiger partial charge in [0.25, 0.3) is 0 Å². The molecule has 0 aliphatic heterocycles. The monoisotopic (exact) mass is 141 g/mol. The van der Waals surface area contributed by atoms with E-state index in [1.165, 1.54) is 0 Å². The molecule has 0 aromatic carbocycles. The molecule has 2 N–H and O–H groups in total. The van der Waals surface area contributed by atoms with Crippen LogP contribution in [0.15, 0.2) is 0 Å². The molecule has 0 rings (SSSR count). The second-order valence-electron chi connectivity index (χ2n) is 1.06. The molecule has 0 heterocycles. The molecule has 0 bridgehead atoms. The van der Waals surface area contributed by atoms with E-state index < -0.39 is 10.7 Å². The number of hydrogen-bond acceptors (Lipinski definition) is 1. The highest BCUT2D eigenvalue weighted by Crippen LogP contribution is 2.04. The minimum absolute atomic E-state index is 0.0309. The number of carbonyl (C=O) groups is 1. The van der Waals surface area contributed by atoms with E-state index in [9.17, 15) is 4.79 Å². The average Bonchev–Trinajstić information content (AvgIpc) is 1.27. The summed E-state index contributed by atoms with van der Waals surface area (Å²) in [5.74, 6) is -0.477. The molecule has 0 unspecified atom stereocenters. The zero-order valence-electron chi connectivity index (χ0n) is 3.53. The Bertz CT molecular complexity index is 73.3. The first kappa shape index (κ1) is 7.05. The highest BCUT2D eigenvalue weighted by molar-refractivity contribution is 6.45. The van der Waals surface area contributed by atoms with Crippen LogP contribution in [-0.4, -0.2) is 10.7 Å². The lowest BCUT2D eigenvalue weighted by molar-refractivity contribution is -0.117. The van der Waals surface area contributed by atoms with Gasteiger partial charge in [0.2, 0.25) is 5.91 Å². The molecule has 0 aliphatic rings. The van der Waals surface area contributed by atoms with Gasteiger partial charge >= 0.3 is 0 Å². The second-order valence-corrected chi connectivity index (χ2v) is 2.34. The van der Waals surface area contributed by atoms with E-state index in [1.54, 1.807) is 0 Å². The largest absolute Gasteiger partial charge is 0.370 e. The molecule has 0 atom stereocenters. The molecule has 0 aliphatic carbocycles. The Morgan fingerprint density at radius 3 is 2.14 bits per heavy atom. The maximum atomic E-state index is 9.86. The molecule has 0 aromatic rings. The summed E-state index contributed by atoms with van der Waals surface area (Å²) in [6, 6.07) is 0. The van der Waals surface area contributed by atoms with Crippen LogP contribution < -0.4 is 5.73 Å². The van der Waals surface area contributed by atoms with Crippen LogP contribution in [0.4, 0.5) is 0 Å². The van der Waals surface area contributed by atoms with Crippen molar-refractivity contribution in [3.05, 3.63) is 0 Å². The third-order valence-electron chi connectivity index (χ3n) is 0.355. The summed E-state index contributed by atoms with van der Waals surface area (Å²) in [7, 11) is 0. The van der Waals surface area contributed by atoms with E-state index in [2.05, 4.69) is 5.73 Å². The van der Waals surface area contributed by atoms with Crippen molar-refractivity contribution >= 4 is 29.1 Å². The molecule has 0 fully saturated rings. The third-order valence-corrected chi connectivity index (χ3v) is 0.664.